The van der Waals surface area contributed by atoms with E-state index in [9.17, 15) is 14.4 Å². The quantitative estimate of drug-likeness (QED) is 0.629. The second-order valence-electron chi connectivity index (χ2n) is 7.01. The minimum atomic E-state index is -0.373. The fraction of sp³-hybridized carbons (Fsp3) is 0.130. The van der Waals surface area contributed by atoms with E-state index in [0.29, 0.717) is 16.4 Å². The zero-order valence-electron chi connectivity index (χ0n) is 16.7. The van der Waals surface area contributed by atoms with Crippen molar-refractivity contribution in [1.29, 1.82) is 0 Å². The second kappa shape index (κ2) is 8.93. The van der Waals surface area contributed by atoms with E-state index < -0.39 is 0 Å². The van der Waals surface area contributed by atoms with Crippen LogP contribution in [-0.4, -0.2) is 27.6 Å². The summed E-state index contributed by atoms with van der Waals surface area (Å²) in [6.45, 7) is 1.48. The molecule has 2 aromatic carbocycles. The lowest BCUT2D eigenvalue weighted by Crippen LogP contribution is -2.33. The van der Waals surface area contributed by atoms with Gasteiger partial charge >= 0.3 is 0 Å². The Morgan fingerprint density at radius 3 is 2.55 bits per heavy atom. The number of amides is 3. The number of carbonyl (C=O) groups is 3. The van der Waals surface area contributed by atoms with E-state index in [2.05, 4.69) is 15.6 Å². The Balaban J connectivity index is 1.42. The van der Waals surface area contributed by atoms with E-state index >= 15 is 0 Å². The van der Waals surface area contributed by atoms with Crippen molar-refractivity contribution in [2.45, 2.75) is 19.4 Å². The van der Waals surface area contributed by atoms with Crippen molar-refractivity contribution in [2.75, 3.05) is 10.6 Å². The summed E-state index contributed by atoms with van der Waals surface area (Å²) in [5.41, 5.74) is 2.96. The molecule has 7 nitrogen and oxygen atoms in total. The Hall–Kier alpha value is -3.78. The SMILES string of the molecule is CC(=O)N1C=Cc2ccccc2C1CC(=O)Nc1ccc(C(=O)Nc2nccs2)cc1. The number of nitrogens with one attached hydrogen (secondary N) is 2. The lowest BCUT2D eigenvalue weighted by atomic mass is 9.93. The number of anilines is 2. The fourth-order valence-corrected chi connectivity index (χ4v) is 3.98. The van der Waals surface area contributed by atoms with Gasteiger partial charge in [-0.3, -0.25) is 19.7 Å². The first-order valence-corrected chi connectivity index (χ1v) is 10.6. The lowest BCUT2D eigenvalue weighted by molar-refractivity contribution is -0.129. The molecule has 1 aliphatic heterocycles. The molecular formula is C23H20N4O3S. The number of hydrogen-bond donors (Lipinski definition) is 2. The Kier molecular flexibility index (Phi) is 5.90. The van der Waals surface area contributed by atoms with Gasteiger partial charge in [0.25, 0.3) is 5.91 Å². The summed E-state index contributed by atoms with van der Waals surface area (Å²) in [5.74, 6) is -0.615. The predicted molar refractivity (Wildman–Crippen MR) is 120 cm³/mol. The Bertz CT molecular complexity index is 1140. The zero-order valence-corrected chi connectivity index (χ0v) is 17.6. The summed E-state index contributed by atoms with van der Waals surface area (Å²) in [7, 11) is 0. The molecule has 0 radical (unpaired) electrons. The maximum atomic E-state index is 12.7. The summed E-state index contributed by atoms with van der Waals surface area (Å²) in [6, 6.07) is 14.0. The van der Waals surface area contributed by atoms with E-state index in [4.69, 9.17) is 0 Å². The highest BCUT2D eigenvalue weighted by atomic mass is 32.1. The van der Waals surface area contributed by atoms with Crippen molar-refractivity contribution in [2.24, 2.45) is 0 Å². The van der Waals surface area contributed by atoms with E-state index in [-0.39, 0.29) is 30.2 Å². The fourth-order valence-electron chi connectivity index (χ4n) is 3.46. The minimum Gasteiger partial charge on any atom is -0.326 e. The minimum absolute atomic E-state index is 0.118. The number of aromatic nitrogens is 1. The van der Waals surface area contributed by atoms with Crippen LogP contribution in [0.2, 0.25) is 0 Å². The molecule has 0 saturated heterocycles. The summed E-state index contributed by atoms with van der Waals surface area (Å²) < 4.78 is 0. The number of carbonyl (C=O) groups excluding carboxylic acids is 3. The van der Waals surface area contributed by atoms with Gasteiger partial charge in [0.05, 0.1) is 12.5 Å². The van der Waals surface area contributed by atoms with Crippen molar-refractivity contribution in [3.63, 3.8) is 0 Å². The molecule has 1 aliphatic rings. The first kappa shape index (κ1) is 20.5. The lowest BCUT2D eigenvalue weighted by Gasteiger charge is -2.32. The third kappa shape index (κ3) is 4.70. The summed E-state index contributed by atoms with van der Waals surface area (Å²) >= 11 is 1.34. The smallest absolute Gasteiger partial charge is 0.257 e. The number of fused-ring (bicyclic) bond motifs is 1. The van der Waals surface area contributed by atoms with Gasteiger partial charge in [0.15, 0.2) is 5.13 Å². The van der Waals surface area contributed by atoms with Gasteiger partial charge in [-0.1, -0.05) is 24.3 Å². The molecule has 0 spiro atoms. The number of benzene rings is 2. The van der Waals surface area contributed by atoms with Crippen molar-refractivity contribution in [1.82, 2.24) is 9.88 Å². The summed E-state index contributed by atoms with van der Waals surface area (Å²) in [4.78, 5) is 42.7. The van der Waals surface area contributed by atoms with E-state index in [1.54, 1.807) is 46.9 Å². The normalized spacial score (nSPS) is 14.6. The molecule has 0 fully saturated rings. The predicted octanol–water partition coefficient (Wildman–Crippen LogP) is 4.30. The molecular weight excluding hydrogens is 412 g/mol. The number of hydrogen-bond acceptors (Lipinski definition) is 5. The third-order valence-electron chi connectivity index (χ3n) is 4.93. The molecule has 1 aromatic heterocycles. The summed E-state index contributed by atoms with van der Waals surface area (Å²) in [5, 5.41) is 7.87. The molecule has 8 heteroatoms. The van der Waals surface area contributed by atoms with Gasteiger partial charge in [0.2, 0.25) is 11.8 Å². The van der Waals surface area contributed by atoms with Crippen molar-refractivity contribution in [3.05, 3.63) is 83.0 Å². The van der Waals surface area contributed by atoms with Gasteiger partial charge in [-0.2, -0.15) is 0 Å². The van der Waals surface area contributed by atoms with Crippen molar-refractivity contribution >= 4 is 46.0 Å². The van der Waals surface area contributed by atoms with Crippen LogP contribution in [0.25, 0.3) is 6.08 Å². The summed E-state index contributed by atoms with van der Waals surface area (Å²) in [6.07, 6.45) is 5.33. The van der Waals surface area contributed by atoms with Gasteiger partial charge in [0.1, 0.15) is 0 Å². The maximum absolute atomic E-state index is 12.7. The highest BCUT2D eigenvalue weighted by Crippen LogP contribution is 2.33. The highest BCUT2D eigenvalue weighted by Gasteiger charge is 2.28. The third-order valence-corrected chi connectivity index (χ3v) is 5.62. The first-order valence-electron chi connectivity index (χ1n) is 9.68. The van der Waals surface area contributed by atoms with Crippen molar-refractivity contribution in [3.8, 4) is 0 Å². The van der Waals surface area contributed by atoms with Gasteiger partial charge in [0, 0.05) is 36.0 Å². The van der Waals surface area contributed by atoms with Crippen LogP contribution < -0.4 is 10.6 Å². The molecule has 0 aliphatic carbocycles. The Morgan fingerprint density at radius 2 is 1.84 bits per heavy atom. The Morgan fingerprint density at radius 1 is 1.06 bits per heavy atom. The van der Waals surface area contributed by atoms with E-state index in [0.717, 1.165) is 11.1 Å². The van der Waals surface area contributed by atoms with Crippen LogP contribution in [0.15, 0.2) is 66.3 Å². The van der Waals surface area contributed by atoms with Crippen LogP contribution in [0.5, 0.6) is 0 Å². The Labute approximate surface area is 183 Å². The number of thiazole rings is 1. The monoisotopic (exact) mass is 432 g/mol. The zero-order chi connectivity index (χ0) is 21.8. The van der Waals surface area contributed by atoms with Gasteiger partial charge in [-0.05, 0) is 41.5 Å². The van der Waals surface area contributed by atoms with E-state index in [1.807, 2.05) is 30.3 Å². The molecule has 0 saturated carbocycles. The highest BCUT2D eigenvalue weighted by molar-refractivity contribution is 7.13. The van der Waals surface area contributed by atoms with Gasteiger partial charge in [-0.15, -0.1) is 11.3 Å². The standard InChI is InChI=1S/C23H20N4O3S/c1-15(28)27-12-10-16-4-2-3-5-19(16)20(27)14-21(29)25-18-8-6-17(7-9-18)22(30)26-23-24-11-13-31-23/h2-13,20H,14H2,1H3,(H,25,29)(H,24,26,30). The molecule has 1 atom stereocenters. The van der Waals surface area contributed by atoms with Crippen LogP contribution in [-0.2, 0) is 9.59 Å². The topological polar surface area (TPSA) is 91.4 Å². The largest absolute Gasteiger partial charge is 0.326 e. The molecule has 3 aromatic rings. The molecule has 2 heterocycles. The maximum Gasteiger partial charge on any atom is 0.257 e. The first-order chi connectivity index (χ1) is 15.0. The average Bonchev–Trinajstić information content (AvgIpc) is 3.27. The molecule has 2 N–H and O–H groups in total. The van der Waals surface area contributed by atoms with E-state index in [1.165, 1.54) is 18.3 Å². The molecule has 4 rings (SSSR count). The average molecular weight is 433 g/mol. The van der Waals surface area contributed by atoms with Crippen LogP contribution in [0, 0.1) is 0 Å². The van der Waals surface area contributed by atoms with Gasteiger partial charge in [-0.25, -0.2) is 4.98 Å². The molecule has 1 unspecified atom stereocenters. The molecule has 0 bridgehead atoms. The number of rotatable bonds is 5. The van der Waals surface area contributed by atoms with Crippen LogP contribution in [0.4, 0.5) is 10.8 Å². The molecule has 3 amide bonds. The van der Waals surface area contributed by atoms with Crippen LogP contribution >= 0.6 is 11.3 Å². The molecule has 31 heavy (non-hydrogen) atoms. The van der Waals surface area contributed by atoms with Crippen LogP contribution in [0.3, 0.4) is 0 Å². The second-order valence-corrected chi connectivity index (χ2v) is 7.90. The van der Waals surface area contributed by atoms with Crippen LogP contribution in [0.1, 0.15) is 40.9 Å². The number of nitrogens with zero attached hydrogens (tertiary/aromatic N) is 2. The van der Waals surface area contributed by atoms with Crippen molar-refractivity contribution < 1.29 is 14.4 Å². The van der Waals surface area contributed by atoms with Gasteiger partial charge < -0.3 is 10.2 Å². The molecule has 156 valence electrons.